The molecule has 2 aromatic rings. The summed E-state index contributed by atoms with van der Waals surface area (Å²) in [6.45, 7) is 0. The summed E-state index contributed by atoms with van der Waals surface area (Å²) in [6.07, 6.45) is 0.761. The summed E-state index contributed by atoms with van der Waals surface area (Å²) in [4.78, 5) is 36.2. The standard InChI is InChI=1S/C19H13Cl2NO6S2/c20-10-2-1-3-11(21)16(10)13-6-4-9(28-13)8-14-17(25)22(19(29)30-14)12(18(26)27)5-7-15(23)24/h1-4,6,8,12H,5,7H2,(H,23,24)(H,26,27)/b14-8+/t12-/m1/s1. The Labute approximate surface area is 190 Å². The molecule has 1 amide bonds. The van der Waals surface area contributed by atoms with Gasteiger partial charge in [-0.1, -0.05) is 53.2 Å². The molecule has 1 fully saturated rings. The number of hydrogen-bond donors (Lipinski definition) is 2. The first-order chi connectivity index (χ1) is 14.2. The van der Waals surface area contributed by atoms with Gasteiger partial charge in [0, 0.05) is 12.5 Å². The monoisotopic (exact) mass is 485 g/mol. The van der Waals surface area contributed by atoms with Crippen LogP contribution in [0.2, 0.25) is 10.0 Å². The number of thioether (sulfide) groups is 1. The van der Waals surface area contributed by atoms with Gasteiger partial charge >= 0.3 is 11.9 Å². The van der Waals surface area contributed by atoms with Gasteiger partial charge in [-0.2, -0.15) is 0 Å². The number of rotatable bonds is 7. The molecule has 2 N–H and O–H groups in total. The van der Waals surface area contributed by atoms with Crippen molar-refractivity contribution in [3.63, 3.8) is 0 Å². The van der Waals surface area contributed by atoms with Gasteiger partial charge in [0.2, 0.25) is 0 Å². The van der Waals surface area contributed by atoms with Gasteiger partial charge in [-0.05, 0) is 30.7 Å². The molecule has 2 heterocycles. The normalized spacial score (nSPS) is 16.3. The van der Waals surface area contributed by atoms with Crippen LogP contribution in [-0.2, 0) is 14.4 Å². The maximum absolute atomic E-state index is 12.8. The summed E-state index contributed by atoms with van der Waals surface area (Å²) >= 11 is 18.4. The number of furan rings is 1. The number of carbonyl (C=O) groups excluding carboxylic acids is 1. The molecule has 7 nitrogen and oxygen atoms in total. The Morgan fingerprint density at radius 1 is 1.20 bits per heavy atom. The zero-order valence-corrected chi connectivity index (χ0v) is 18.1. The Kier molecular flexibility index (Phi) is 6.87. The quantitative estimate of drug-likeness (QED) is 0.426. The predicted octanol–water partition coefficient (Wildman–Crippen LogP) is 4.77. The molecule has 11 heteroatoms. The molecule has 1 atom stereocenters. The van der Waals surface area contributed by atoms with Crippen LogP contribution in [0.4, 0.5) is 0 Å². The molecule has 156 valence electrons. The lowest BCUT2D eigenvalue weighted by Gasteiger charge is -2.22. The molecule has 0 spiro atoms. The van der Waals surface area contributed by atoms with Gasteiger partial charge in [-0.3, -0.25) is 14.5 Å². The Bertz CT molecular complexity index is 1060. The second-order valence-corrected chi connectivity index (χ2v) is 8.63. The number of aliphatic carboxylic acids is 2. The SMILES string of the molecule is O=C(O)CC[C@H](C(=O)O)N1C(=O)/C(=C\c2ccc(-c3c(Cl)cccc3Cl)o2)SC1=S. The number of nitrogens with zero attached hydrogens (tertiary/aromatic N) is 1. The largest absolute Gasteiger partial charge is 0.481 e. The Balaban J connectivity index is 1.86. The predicted molar refractivity (Wildman–Crippen MR) is 117 cm³/mol. The molecular weight excluding hydrogens is 473 g/mol. The zero-order chi connectivity index (χ0) is 22.0. The van der Waals surface area contributed by atoms with E-state index in [9.17, 15) is 19.5 Å². The third-order valence-corrected chi connectivity index (χ3v) is 6.12. The summed E-state index contributed by atoms with van der Waals surface area (Å²) in [7, 11) is 0. The number of carbonyl (C=O) groups is 3. The molecule has 30 heavy (non-hydrogen) atoms. The highest BCUT2D eigenvalue weighted by Gasteiger charge is 2.40. The summed E-state index contributed by atoms with van der Waals surface area (Å²) in [5.41, 5.74) is 0.507. The molecule has 1 aliphatic rings. The number of benzene rings is 1. The van der Waals surface area contributed by atoms with Gasteiger partial charge in [0.05, 0.1) is 20.5 Å². The molecule has 1 aromatic carbocycles. The van der Waals surface area contributed by atoms with Crippen LogP contribution < -0.4 is 0 Å². The van der Waals surface area contributed by atoms with Crippen LogP contribution in [-0.4, -0.2) is 43.3 Å². The van der Waals surface area contributed by atoms with Gasteiger partial charge < -0.3 is 14.6 Å². The fourth-order valence-electron chi connectivity index (χ4n) is 2.80. The van der Waals surface area contributed by atoms with Crippen molar-refractivity contribution in [3.05, 3.63) is 51.0 Å². The average molecular weight is 486 g/mol. The Morgan fingerprint density at radius 2 is 1.87 bits per heavy atom. The van der Waals surface area contributed by atoms with Gasteiger partial charge in [-0.15, -0.1) is 0 Å². The Morgan fingerprint density at radius 3 is 2.47 bits per heavy atom. The molecule has 1 saturated heterocycles. The third-order valence-electron chi connectivity index (χ3n) is 4.16. The fraction of sp³-hybridized carbons (Fsp3) is 0.158. The molecule has 0 bridgehead atoms. The minimum atomic E-state index is -1.37. The van der Waals surface area contributed by atoms with E-state index in [2.05, 4.69) is 0 Å². The van der Waals surface area contributed by atoms with Crippen LogP contribution in [0.5, 0.6) is 0 Å². The van der Waals surface area contributed by atoms with E-state index < -0.39 is 30.3 Å². The van der Waals surface area contributed by atoms with E-state index in [0.717, 1.165) is 16.7 Å². The van der Waals surface area contributed by atoms with Crippen molar-refractivity contribution in [2.75, 3.05) is 0 Å². The highest BCUT2D eigenvalue weighted by molar-refractivity contribution is 8.26. The topological polar surface area (TPSA) is 108 Å². The lowest BCUT2D eigenvalue weighted by atomic mass is 10.1. The van der Waals surface area contributed by atoms with E-state index in [1.807, 2.05) is 0 Å². The maximum atomic E-state index is 12.8. The van der Waals surface area contributed by atoms with E-state index in [4.69, 9.17) is 44.9 Å². The summed E-state index contributed by atoms with van der Waals surface area (Å²) in [5, 5.41) is 19.0. The highest BCUT2D eigenvalue weighted by atomic mass is 35.5. The van der Waals surface area contributed by atoms with Crippen molar-refractivity contribution >= 4 is 75.4 Å². The third kappa shape index (κ3) is 4.70. The van der Waals surface area contributed by atoms with E-state index in [0.29, 0.717) is 27.1 Å². The maximum Gasteiger partial charge on any atom is 0.326 e. The van der Waals surface area contributed by atoms with Crippen molar-refractivity contribution in [1.82, 2.24) is 4.90 Å². The van der Waals surface area contributed by atoms with Crippen LogP contribution >= 0.6 is 47.2 Å². The van der Waals surface area contributed by atoms with Crippen molar-refractivity contribution in [1.29, 1.82) is 0 Å². The molecule has 1 aliphatic heterocycles. The molecule has 0 radical (unpaired) electrons. The van der Waals surface area contributed by atoms with E-state index in [1.54, 1.807) is 30.3 Å². The van der Waals surface area contributed by atoms with Crippen LogP contribution in [0.15, 0.2) is 39.7 Å². The zero-order valence-electron chi connectivity index (χ0n) is 15.0. The molecular formula is C19H13Cl2NO6S2. The molecule has 0 unspecified atom stereocenters. The molecule has 3 rings (SSSR count). The van der Waals surface area contributed by atoms with Crippen molar-refractivity contribution < 1.29 is 29.0 Å². The second kappa shape index (κ2) is 9.22. The van der Waals surface area contributed by atoms with Crippen LogP contribution in [0.25, 0.3) is 17.4 Å². The van der Waals surface area contributed by atoms with Gasteiger partial charge in [0.25, 0.3) is 5.91 Å². The van der Waals surface area contributed by atoms with Crippen LogP contribution in [0.1, 0.15) is 18.6 Å². The van der Waals surface area contributed by atoms with Crippen LogP contribution in [0, 0.1) is 0 Å². The first kappa shape index (κ1) is 22.4. The number of thiocarbonyl (C=S) groups is 1. The first-order valence-electron chi connectivity index (χ1n) is 8.45. The number of carboxylic acids is 2. The smallest absolute Gasteiger partial charge is 0.326 e. The highest BCUT2D eigenvalue weighted by Crippen LogP contribution is 2.38. The number of amides is 1. The van der Waals surface area contributed by atoms with Crippen molar-refractivity contribution in [3.8, 4) is 11.3 Å². The van der Waals surface area contributed by atoms with E-state index >= 15 is 0 Å². The Hall–Kier alpha value is -2.33. The van der Waals surface area contributed by atoms with E-state index in [-0.39, 0.29) is 15.6 Å². The fourth-order valence-corrected chi connectivity index (χ4v) is 4.72. The van der Waals surface area contributed by atoms with Crippen molar-refractivity contribution in [2.24, 2.45) is 0 Å². The van der Waals surface area contributed by atoms with Gasteiger partial charge in [0.1, 0.15) is 21.9 Å². The summed E-state index contributed by atoms with van der Waals surface area (Å²) in [6, 6.07) is 6.92. The minimum absolute atomic E-state index is 0.0324. The van der Waals surface area contributed by atoms with Crippen molar-refractivity contribution in [2.45, 2.75) is 18.9 Å². The number of hydrogen-bond acceptors (Lipinski definition) is 6. The minimum Gasteiger partial charge on any atom is -0.481 e. The summed E-state index contributed by atoms with van der Waals surface area (Å²) in [5.74, 6) is -2.40. The van der Waals surface area contributed by atoms with Gasteiger partial charge in [0.15, 0.2) is 0 Å². The van der Waals surface area contributed by atoms with E-state index in [1.165, 1.54) is 6.08 Å². The summed E-state index contributed by atoms with van der Waals surface area (Å²) < 4.78 is 5.76. The second-order valence-electron chi connectivity index (χ2n) is 6.14. The first-order valence-corrected chi connectivity index (χ1v) is 10.4. The average Bonchev–Trinajstić information content (AvgIpc) is 3.21. The molecule has 0 saturated carbocycles. The lowest BCUT2D eigenvalue weighted by Crippen LogP contribution is -2.44. The van der Waals surface area contributed by atoms with Crippen LogP contribution in [0.3, 0.4) is 0 Å². The molecule has 1 aromatic heterocycles. The number of halogens is 2. The molecule has 0 aliphatic carbocycles. The lowest BCUT2D eigenvalue weighted by molar-refractivity contribution is -0.146. The van der Waals surface area contributed by atoms with Gasteiger partial charge in [-0.25, -0.2) is 4.79 Å². The number of carboxylic acid groups (broad SMARTS) is 2.